The van der Waals surface area contributed by atoms with E-state index < -0.39 is 23.5 Å². The van der Waals surface area contributed by atoms with Gasteiger partial charge in [-0.05, 0) is 75.5 Å². The molecular weight excluding hydrogens is 497 g/mol. The van der Waals surface area contributed by atoms with E-state index in [-0.39, 0.29) is 18.6 Å². The van der Waals surface area contributed by atoms with E-state index in [9.17, 15) is 18.0 Å². The molecule has 1 aliphatic carbocycles. The van der Waals surface area contributed by atoms with Gasteiger partial charge in [0.1, 0.15) is 0 Å². The maximum absolute atomic E-state index is 13.7. The van der Waals surface area contributed by atoms with Gasteiger partial charge in [-0.15, -0.1) is 0 Å². The Bertz CT molecular complexity index is 1250. The van der Waals surface area contributed by atoms with Gasteiger partial charge in [-0.25, -0.2) is 4.98 Å². The van der Waals surface area contributed by atoms with E-state index in [2.05, 4.69) is 26.3 Å². The van der Waals surface area contributed by atoms with Crippen LogP contribution in [0.4, 0.5) is 13.2 Å². The molecule has 0 spiro atoms. The van der Waals surface area contributed by atoms with E-state index in [1.807, 2.05) is 6.92 Å². The van der Waals surface area contributed by atoms with Crippen LogP contribution < -0.4 is 21.3 Å². The summed E-state index contributed by atoms with van der Waals surface area (Å²) in [6, 6.07) is 8.51. The lowest BCUT2D eigenvalue weighted by Crippen LogP contribution is -2.57. The normalized spacial score (nSPS) is 25.6. The van der Waals surface area contributed by atoms with Crippen molar-refractivity contribution in [3.63, 3.8) is 0 Å². The number of nitrogens with one attached hydrogen (secondary N) is 4. The number of alkyl halides is 3. The standard InChI is InChI=1S/C27H31F3N6O2/c1-16-9-10-19(14-21(16)35-26-32-13-11-20(34-26)18-8-5-12-31-15-18)33-24(37)22-23(27(28,29)30)38-25(36-22)17-6-3-2-4-7-17/h2-4,6-7,9-10,18,20,26,31-32,34H,5,8,11-15H2,1H3,(H,33,37). The van der Waals surface area contributed by atoms with E-state index in [1.54, 1.807) is 42.5 Å². The molecule has 38 heavy (non-hydrogen) atoms. The number of hydrogen-bond donors (Lipinski definition) is 4. The number of halogens is 3. The van der Waals surface area contributed by atoms with Crippen molar-refractivity contribution in [2.24, 2.45) is 10.9 Å². The van der Waals surface area contributed by atoms with E-state index in [4.69, 9.17) is 9.41 Å². The number of hydrogen-bond acceptors (Lipinski definition) is 7. The number of allylic oxidation sites excluding steroid dienone is 4. The number of carbonyl (C=O) groups excluding carboxylic acids is 1. The first-order valence-corrected chi connectivity index (χ1v) is 12.9. The van der Waals surface area contributed by atoms with Crippen LogP contribution >= 0.6 is 0 Å². The summed E-state index contributed by atoms with van der Waals surface area (Å²) < 4.78 is 46.0. The van der Waals surface area contributed by atoms with Gasteiger partial charge in [-0.1, -0.05) is 24.3 Å². The smallest absolute Gasteiger partial charge is 0.431 e. The molecule has 2 fully saturated rings. The van der Waals surface area contributed by atoms with Crippen molar-refractivity contribution in [2.75, 3.05) is 19.6 Å². The molecule has 1 aromatic heterocycles. The van der Waals surface area contributed by atoms with Crippen molar-refractivity contribution in [1.82, 2.24) is 26.3 Å². The Hall–Kier alpha value is -3.28. The van der Waals surface area contributed by atoms with Crippen LogP contribution in [-0.4, -0.2) is 48.6 Å². The van der Waals surface area contributed by atoms with E-state index in [1.165, 1.54) is 12.8 Å². The third kappa shape index (κ3) is 6.06. The van der Waals surface area contributed by atoms with Crippen LogP contribution in [0, 0.1) is 5.92 Å². The zero-order valence-electron chi connectivity index (χ0n) is 21.1. The van der Waals surface area contributed by atoms with Crippen molar-refractivity contribution >= 4 is 11.6 Å². The molecule has 3 unspecified atom stereocenters. The maximum Gasteiger partial charge on any atom is 0.452 e. The van der Waals surface area contributed by atoms with Gasteiger partial charge < -0.3 is 15.1 Å². The predicted molar refractivity (Wildman–Crippen MR) is 137 cm³/mol. The number of aliphatic imine (C=N–C) groups is 1. The summed E-state index contributed by atoms with van der Waals surface area (Å²) >= 11 is 0. The van der Waals surface area contributed by atoms with Gasteiger partial charge in [0.25, 0.3) is 5.91 Å². The Balaban J connectivity index is 1.30. The van der Waals surface area contributed by atoms with Crippen LogP contribution in [0.1, 0.15) is 48.9 Å². The molecule has 2 saturated heterocycles. The number of oxazole rings is 1. The summed E-state index contributed by atoms with van der Waals surface area (Å²) in [5.41, 5.74) is 1.65. The fraction of sp³-hybridized carbons (Fsp3) is 0.444. The Morgan fingerprint density at radius 1 is 1.16 bits per heavy atom. The van der Waals surface area contributed by atoms with Gasteiger partial charge in [0.05, 0.1) is 0 Å². The third-order valence-corrected chi connectivity index (χ3v) is 7.10. The van der Waals surface area contributed by atoms with Gasteiger partial charge >= 0.3 is 6.18 Å². The molecule has 0 saturated carbocycles. The second-order valence-electron chi connectivity index (χ2n) is 9.83. The van der Waals surface area contributed by atoms with E-state index in [0.29, 0.717) is 23.2 Å². The lowest BCUT2D eigenvalue weighted by atomic mass is 9.89. The predicted octanol–water partition coefficient (Wildman–Crippen LogP) is 4.00. The van der Waals surface area contributed by atoms with E-state index >= 15 is 0 Å². The molecule has 3 atom stereocenters. The fourth-order valence-electron chi connectivity index (χ4n) is 5.06. The van der Waals surface area contributed by atoms with Crippen LogP contribution in [0.2, 0.25) is 0 Å². The molecule has 11 heteroatoms. The first kappa shape index (κ1) is 26.3. The number of aromatic nitrogens is 1. The van der Waals surface area contributed by atoms with Crippen molar-refractivity contribution < 1.29 is 22.4 Å². The average Bonchev–Trinajstić information content (AvgIpc) is 3.39. The fourth-order valence-corrected chi connectivity index (χ4v) is 5.06. The quantitative estimate of drug-likeness (QED) is 0.468. The Morgan fingerprint density at radius 2 is 1.97 bits per heavy atom. The molecule has 2 aromatic rings. The van der Waals surface area contributed by atoms with E-state index in [0.717, 1.165) is 37.3 Å². The SMILES string of the molecule is CC1=CC=C(NC(=O)c2nc(-c3ccccc3)oc2C(F)(F)F)CC1=NC1NCCC(C2CCCNC2)N1. The summed E-state index contributed by atoms with van der Waals surface area (Å²) in [6.07, 6.45) is 1.97. The molecule has 3 aliphatic rings. The Kier molecular flexibility index (Phi) is 7.78. The lowest BCUT2D eigenvalue weighted by Gasteiger charge is -2.37. The number of rotatable bonds is 5. The van der Waals surface area contributed by atoms with Crippen LogP contribution in [-0.2, 0) is 6.18 Å². The van der Waals surface area contributed by atoms with Gasteiger partial charge in [-0.2, -0.15) is 13.2 Å². The average molecular weight is 529 g/mol. The minimum Gasteiger partial charge on any atom is -0.431 e. The summed E-state index contributed by atoms with van der Waals surface area (Å²) in [6.45, 7) is 4.82. The molecular formula is C27H31F3N6O2. The largest absolute Gasteiger partial charge is 0.452 e. The van der Waals surface area contributed by atoms with Gasteiger partial charge in [0.2, 0.25) is 11.7 Å². The third-order valence-electron chi connectivity index (χ3n) is 7.10. The van der Waals surface area contributed by atoms with Crippen LogP contribution in [0.5, 0.6) is 0 Å². The second-order valence-corrected chi connectivity index (χ2v) is 9.83. The van der Waals surface area contributed by atoms with Crippen molar-refractivity contribution in [2.45, 2.75) is 51.1 Å². The maximum atomic E-state index is 13.7. The Morgan fingerprint density at radius 3 is 2.71 bits per heavy atom. The highest BCUT2D eigenvalue weighted by Crippen LogP contribution is 2.35. The highest BCUT2D eigenvalue weighted by Gasteiger charge is 2.42. The summed E-state index contributed by atoms with van der Waals surface area (Å²) in [4.78, 5) is 21.7. The molecule has 0 bridgehead atoms. The first-order chi connectivity index (χ1) is 18.3. The molecule has 4 N–H and O–H groups in total. The Labute approximate surface area is 218 Å². The minimum absolute atomic E-state index is 0.268. The number of benzene rings is 1. The molecule has 1 amide bonds. The van der Waals surface area contributed by atoms with Crippen molar-refractivity contribution in [3.05, 3.63) is 65.2 Å². The van der Waals surface area contributed by atoms with Crippen molar-refractivity contribution in [1.29, 1.82) is 0 Å². The summed E-state index contributed by atoms with van der Waals surface area (Å²) in [7, 11) is 0. The number of carbonyl (C=O) groups is 1. The molecule has 3 heterocycles. The molecule has 5 rings (SSSR count). The zero-order valence-corrected chi connectivity index (χ0v) is 21.1. The lowest BCUT2D eigenvalue weighted by molar-refractivity contribution is -0.153. The molecule has 8 nitrogen and oxygen atoms in total. The van der Waals surface area contributed by atoms with Crippen LogP contribution in [0.25, 0.3) is 11.5 Å². The highest BCUT2D eigenvalue weighted by atomic mass is 19.4. The zero-order chi connectivity index (χ0) is 26.7. The number of amides is 1. The van der Waals surface area contributed by atoms with Gasteiger partial charge in [-0.3, -0.25) is 20.4 Å². The van der Waals surface area contributed by atoms with Crippen molar-refractivity contribution in [3.8, 4) is 11.5 Å². The highest BCUT2D eigenvalue weighted by molar-refractivity contribution is 6.04. The van der Waals surface area contributed by atoms with Gasteiger partial charge in [0, 0.05) is 29.4 Å². The summed E-state index contributed by atoms with van der Waals surface area (Å²) in [5, 5.41) is 13.0. The molecule has 202 valence electrons. The number of piperidine rings is 1. The monoisotopic (exact) mass is 528 g/mol. The molecule has 0 radical (unpaired) electrons. The minimum atomic E-state index is -4.88. The number of nitrogens with zero attached hydrogens (tertiary/aromatic N) is 2. The first-order valence-electron chi connectivity index (χ1n) is 12.9. The summed E-state index contributed by atoms with van der Waals surface area (Å²) in [5.74, 6) is -2.13. The second kappa shape index (κ2) is 11.2. The topological polar surface area (TPSA) is 104 Å². The molecule has 2 aliphatic heterocycles. The van der Waals surface area contributed by atoms with Crippen LogP contribution in [0.3, 0.4) is 0 Å². The van der Waals surface area contributed by atoms with Gasteiger partial charge in [0.15, 0.2) is 12.0 Å². The van der Waals surface area contributed by atoms with Crippen LogP contribution in [0.15, 0.2) is 63.2 Å². The molecule has 1 aromatic carbocycles.